The molecule has 1 saturated heterocycles. The van der Waals surface area contributed by atoms with E-state index in [0.29, 0.717) is 17.9 Å². The van der Waals surface area contributed by atoms with Crippen molar-refractivity contribution in [3.63, 3.8) is 0 Å². The molecule has 88 valence electrons. The predicted octanol–water partition coefficient (Wildman–Crippen LogP) is 1.76. The van der Waals surface area contributed by atoms with Crippen molar-refractivity contribution in [2.24, 2.45) is 11.7 Å². The Hall–Kier alpha value is -0.570. The lowest BCUT2D eigenvalue weighted by Crippen LogP contribution is -2.43. The van der Waals surface area contributed by atoms with Gasteiger partial charge in [0.25, 0.3) is 0 Å². The maximum Gasteiger partial charge on any atom is 0.222 e. The first kappa shape index (κ1) is 12.5. The molecule has 0 atom stereocenters. The number of piperidine rings is 1. The van der Waals surface area contributed by atoms with Crippen LogP contribution >= 0.6 is 0 Å². The van der Waals surface area contributed by atoms with E-state index < -0.39 is 0 Å². The summed E-state index contributed by atoms with van der Waals surface area (Å²) in [7, 11) is 0. The first-order valence-electron chi connectivity index (χ1n) is 6.20. The molecule has 0 radical (unpaired) electrons. The third-order valence-corrected chi connectivity index (χ3v) is 3.51. The van der Waals surface area contributed by atoms with Crippen LogP contribution in [0.2, 0.25) is 0 Å². The van der Waals surface area contributed by atoms with E-state index in [2.05, 4.69) is 13.8 Å². The third kappa shape index (κ3) is 3.82. The second kappa shape index (κ2) is 6.11. The molecule has 1 amide bonds. The molecule has 3 heteroatoms. The van der Waals surface area contributed by atoms with E-state index in [1.807, 2.05) is 4.90 Å². The van der Waals surface area contributed by atoms with Crippen molar-refractivity contribution in [3.05, 3.63) is 0 Å². The SMILES string of the molecule is CCC(CC)CC(=O)N1CCC(N)CC1. The van der Waals surface area contributed by atoms with Crippen molar-refractivity contribution in [3.8, 4) is 0 Å². The fourth-order valence-electron chi connectivity index (χ4n) is 2.10. The van der Waals surface area contributed by atoms with E-state index >= 15 is 0 Å². The highest BCUT2D eigenvalue weighted by atomic mass is 16.2. The minimum Gasteiger partial charge on any atom is -0.343 e. The van der Waals surface area contributed by atoms with Crippen molar-refractivity contribution in [1.29, 1.82) is 0 Å². The maximum absolute atomic E-state index is 11.9. The lowest BCUT2D eigenvalue weighted by atomic mass is 9.97. The molecule has 1 heterocycles. The zero-order valence-corrected chi connectivity index (χ0v) is 10.0. The molecule has 1 fully saturated rings. The highest BCUT2D eigenvalue weighted by Crippen LogP contribution is 2.16. The molecule has 0 aromatic carbocycles. The van der Waals surface area contributed by atoms with Gasteiger partial charge in [0, 0.05) is 25.6 Å². The summed E-state index contributed by atoms with van der Waals surface area (Å²) in [5, 5.41) is 0. The van der Waals surface area contributed by atoms with Crippen LogP contribution in [-0.4, -0.2) is 29.9 Å². The summed E-state index contributed by atoms with van der Waals surface area (Å²) in [4.78, 5) is 13.9. The van der Waals surface area contributed by atoms with Gasteiger partial charge in [-0.05, 0) is 18.8 Å². The summed E-state index contributed by atoms with van der Waals surface area (Å²) in [6.45, 7) is 6.04. The molecular formula is C12H24N2O. The Morgan fingerprint density at radius 3 is 2.33 bits per heavy atom. The molecule has 1 aliphatic rings. The van der Waals surface area contributed by atoms with Gasteiger partial charge >= 0.3 is 0 Å². The molecule has 15 heavy (non-hydrogen) atoms. The summed E-state index contributed by atoms with van der Waals surface area (Å²) in [6.07, 6.45) is 4.87. The van der Waals surface area contributed by atoms with Crippen LogP contribution in [0.25, 0.3) is 0 Å². The molecule has 0 bridgehead atoms. The van der Waals surface area contributed by atoms with Crippen molar-refractivity contribution in [2.75, 3.05) is 13.1 Å². The van der Waals surface area contributed by atoms with E-state index in [1.54, 1.807) is 0 Å². The number of rotatable bonds is 4. The molecule has 0 unspecified atom stereocenters. The Labute approximate surface area is 93.0 Å². The van der Waals surface area contributed by atoms with Gasteiger partial charge in [0.05, 0.1) is 0 Å². The van der Waals surface area contributed by atoms with Crippen LogP contribution in [0.3, 0.4) is 0 Å². The molecule has 2 N–H and O–H groups in total. The number of likely N-dealkylation sites (tertiary alicyclic amines) is 1. The van der Waals surface area contributed by atoms with Crippen LogP contribution in [0.15, 0.2) is 0 Å². The van der Waals surface area contributed by atoms with Crippen LogP contribution in [0.1, 0.15) is 46.0 Å². The van der Waals surface area contributed by atoms with Crippen molar-refractivity contribution in [1.82, 2.24) is 4.90 Å². The molecule has 0 saturated carbocycles. The molecular weight excluding hydrogens is 188 g/mol. The van der Waals surface area contributed by atoms with Crippen LogP contribution in [-0.2, 0) is 4.79 Å². The first-order valence-corrected chi connectivity index (χ1v) is 6.20. The van der Waals surface area contributed by atoms with Crippen molar-refractivity contribution in [2.45, 2.75) is 52.0 Å². The van der Waals surface area contributed by atoms with Crippen LogP contribution in [0.4, 0.5) is 0 Å². The summed E-state index contributed by atoms with van der Waals surface area (Å²) in [6, 6.07) is 0.308. The van der Waals surface area contributed by atoms with E-state index in [4.69, 9.17) is 5.73 Å². The van der Waals surface area contributed by atoms with Gasteiger partial charge in [-0.15, -0.1) is 0 Å². The smallest absolute Gasteiger partial charge is 0.222 e. The minimum absolute atomic E-state index is 0.308. The quantitative estimate of drug-likeness (QED) is 0.772. The van der Waals surface area contributed by atoms with E-state index in [9.17, 15) is 4.79 Å². The van der Waals surface area contributed by atoms with Gasteiger partial charge < -0.3 is 10.6 Å². The summed E-state index contributed by atoms with van der Waals surface area (Å²) < 4.78 is 0. The van der Waals surface area contributed by atoms with Gasteiger partial charge in [-0.1, -0.05) is 26.7 Å². The summed E-state index contributed by atoms with van der Waals surface area (Å²) in [5.74, 6) is 0.892. The first-order chi connectivity index (χ1) is 7.17. The van der Waals surface area contributed by atoms with Gasteiger partial charge in [0.2, 0.25) is 5.91 Å². The minimum atomic E-state index is 0.308. The van der Waals surface area contributed by atoms with Gasteiger partial charge in [0.15, 0.2) is 0 Å². The fourth-order valence-corrected chi connectivity index (χ4v) is 2.10. The topological polar surface area (TPSA) is 46.3 Å². The largest absolute Gasteiger partial charge is 0.343 e. The number of carbonyl (C=O) groups is 1. The number of hydrogen-bond acceptors (Lipinski definition) is 2. The number of nitrogens with zero attached hydrogens (tertiary/aromatic N) is 1. The van der Waals surface area contributed by atoms with E-state index in [-0.39, 0.29) is 0 Å². The molecule has 0 aromatic rings. The van der Waals surface area contributed by atoms with E-state index in [0.717, 1.165) is 45.2 Å². The molecule has 1 aliphatic heterocycles. The van der Waals surface area contributed by atoms with Crippen LogP contribution in [0.5, 0.6) is 0 Å². The number of nitrogens with two attached hydrogens (primary N) is 1. The molecule has 1 rings (SSSR count). The fraction of sp³-hybridized carbons (Fsp3) is 0.917. The third-order valence-electron chi connectivity index (χ3n) is 3.51. The second-order valence-electron chi connectivity index (χ2n) is 4.60. The average Bonchev–Trinajstić information content (AvgIpc) is 2.26. The Bertz CT molecular complexity index is 194. The number of amides is 1. The Kier molecular flexibility index (Phi) is 5.09. The van der Waals surface area contributed by atoms with Gasteiger partial charge in [-0.25, -0.2) is 0 Å². The Balaban J connectivity index is 2.33. The Morgan fingerprint density at radius 1 is 1.33 bits per heavy atom. The highest BCUT2D eigenvalue weighted by Gasteiger charge is 2.21. The average molecular weight is 212 g/mol. The number of carbonyl (C=O) groups excluding carboxylic acids is 1. The molecule has 0 spiro atoms. The van der Waals surface area contributed by atoms with Gasteiger partial charge in [-0.3, -0.25) is 4.79 Å². The maximum atomic E-state index is 11.9. The van der Waals surface area contributed by atoms with Crippen molar-refractivity contribution >= 4 is 5.91 Å². The molecule has 0 aromatic heterocycles. The van der Waals surface area contributed by atoms with E-state index in [1.165, 1.54) is 0 Å². The lowest BCUT2D eigenvalue weighted by molar-refractivity contribution is -0.133. The summed E-state index contributed by atoms with van der Waals surface area (Å²) >= 11 is 0. The monoisotopic (exact) mass is 212 g/mol. The summed E-state index contributed by atoms with van der Waals surface area (Å²) in [5.41, 5.74) is 5.81. The van der Waals surface area contributed by atoms with Gasteiger partial charge in [-0.2, -0.15) is 0 Å². The van der Waals surface area contributed by atoms with Gasteiger partial charge in [0.1, 0.15) is 0 Å². The Morgan fingerprint density at radius 2 is 1.87 bits per heavy atom. The standard InChI is InChI=1S/C12H24N2O/c1-3-10(4-2)9-12(15)14-7-5-11(13)6-8-14/h10-11H,3-9,13H2,1-2H3. The molecule has 0 aliphatic carbocycles. The van der Waals surface area contributed by atoms with Crippen LogP contribution in [0, 0.1) is 5.92 Å². The molecule has 3 nitrogen and oxygen atoms in total. The van der Waals surface area contributed by atoms with Crippen LogP contribution < -0.4 is 5.73 Å². The number of hydrogen-bond donors (Lipinski definition) is 1. The highest BCUT2D eigenvalue weighted by molar-refractivity contribution is 5.76. The zero-order valence-electron chi connectivity index (χ0n) is 10.0. The van der Waals surface area contributed by atoms with Crippen molar-refractivity contribution < 1.29 is 4.79 Å². The lowest BCUT2D eigenvalue weighted by Gasteiger charge is -2.31. The zero-order chi connectivity index (χ0) is 11.3. The predicted molar refractivity (Wildman–Crippen MR) is 62.5 cm³/mol. The normalized spacial score (nSPS) is 18.5. The second-order valence-corrected chi connectivity index (χ2v) is 4.60.